The molecular formula is C24H28N3O2S+. The summed E-state index contributed by atoms with van der Waals surface area (Å²) in [6.45, 7) is 7.07. The van der Waals surface area contributed by atoms with Gasteiger partial charge in [-0.05, 0) is 37.0 Å². The van der Waals surface area contributed by atoms with Crippen LogP contribution in [0.15, 0.2) is 57.9 Å². The molecule has 6 heteroatoms. The smallest absolute Gasteiger partial charge is 0.260 e. The number of quaternary nitrogens is 1. The third kappa shape index (κ3) is 4.25. The Hall–Kier alpha value is -2.70. The van der Waals surface area contributed by atoms with Gasteiger partial charge in [-0.15, -0.1) is 11.3 Å². The maximum Gasteiger partial charge on any atom is 0.260 e. The van der Waals surface area contributed by atoms with Crippen LogP contribution in [0.3, 0.4) is 0 Å². The number of thiophene rings is 1. The Kier molecular flexibility index (Phi) is 6.16. The van der Waals surface area contributed by atoms with E-state index in [0.29, 0.717) is 18.3 Å². The lowest BCUT2D eigenvalue weighted by Gasteiger charge is -2.13. The van der Waals surface area contributed by atoms with Crippen LogP contribution in [-0.2, 0) is 13.0 Å². The van der Waals surface area contributed by atoms with Gasteiger partial charge in [-0.1, -0.05) is 50.6 Å². The van der Waals surface area contributed by atoms with E-state index in [4.69, 9.17) is 9.40 Å². The lowest BCUT2D eigenvalue weighted by Crippen LogP contribution is -2.84. The molecule has 4 aromatic rings. The number of hydrogen-bond donors (Lipinski definition) is 2. The fourth-order valence-corrected chi connectivity index (χ4v) is 4.90. The summed E-state index contributed by atoms with van der Waals surface area (Å²) in [4.78, 5) is 22.8. The number of aromatic nitrogens is 2. The van der Waals surface area contributed by atoms with Crippen LogP contribution in [0.4, 0.5) is 0 Å². The lowest BCUT2D eigenvalue weighted by molar-refractivity contribution is -0.705. The van der Waals surface area contributed by atoms with Gasteiger partial charge in [0.15, 0.2) is 17.6 Å². The maximum atomic E-state index is 12.9. The van der Waals surface area contributed by atoms with Crippen molar-refractivity contribution >= 4 is 21.6 Å². The third-order valence-electron chi connectivity index (χ3n) is 5.72. The summed E-state index contributed by atoms with van der Waals surface area (Å²) in [7, 11) is 0. The highest BCUT2D eigenvalue weighted by Gasteiger charge is 2.22. The SMILES string of the molecule is CC[C@H](C)Cc1c(C)sc2nc(C[NH2+][C@@H](c3ccccc3)c3ccco3)[nH]c(=O)c12. The van der Waals surface area contributed by atoms with Crippen molar-refractivity contribution in [2.45, 2.75) is 46.2 Å². The van der Waals surface area contributed by atoms with Gasteiger partial charge in [0.05, 0.1) is 11.6 Å². The van der Waals surface area contributed by atoms with E-state index in [1.807, 2.05) is 30.3 Å². The Morgan fingerprint density at radius 3 is 2.70 bits per heavy atom. The fourth-order valence-electron chi connectivity index (χ4n) is 3.83. The predicted molar refractivity (Wildman–Crippen MR) is 121 cm³/mol. The van der Waals surface area contributed by atoms with Gasteiger partial charge in [-0.2, -0.15) is 0 Å². The van der Waals surface area contributed by atoms with Crippen LogP contribution in [0.5, 0.6) is 0 Å². The van der Waals surface area contributed by atoms with Gasteiger partial charge in [-0.25, -0.2) is 4.98 Å². The molecule has 0 bridgehead atoms. The van der Waals surface area contributed by atoms with Crippen LogP contribution >= 0.6 is 11.3 Å². The molecule has 1 aromatic carbocycles. The van der Waals surface area contributed by atoms with Gasteiger partial charge in [0, 0.05) is 10.4 Å². The number of fused-ring (bicyclic) bond motifs is 1. The zero-order chi connectivity index (χ0) is 21.1. The standard InChI is InChI=1S/C24H27N3O2S/c1-4-15(2)13-18-16(3)30-24-21(18)23(28)26-20(27-24)14-25-22(19-11-8-12-29-19)17-9-6-5-7-10-17/h5-12,15,22,25H,4,13-14H2,1-3H3,(H,26,27,28)/p+1/t15-,22-/m0/s1. The zero-order valence-electron chi connectivity index (χ0n) is 17.6. The average molecular weight is 423 g/mol. The molecule has 30 heavy (non-hydrogen) atoms. The summed E-state index contributed by atoms with van der Waals surface area (Å²) in [5.74, 6) is 2.12. The first kappa shape index (κ1) is 20.6. The van der Waals surface area contributed by atoms with E-state index < -0.39 is 0 Å². The second kappa shape index (κ2) is 8.98. The lowest BCUT2D eigenvalue weighted by atomic mass is 9.98. The van der Waals surface area contributed by atoms with Crippen molar-refractivity contribution in [2.24, 2.45) is 5.92 Å². The molecule has 0 unspecified atom stereocenters. The fraction of sp³-hybridized carbons (Fsp3) is 0.333. The van der Waals surface area contributed by atoms with Crippen molar-refractivity contribution in [3.8, 4) is 0 Å². The first-order chi connectivity index (χ1) is 14.6. The van der Waals surface area contributed by atoms with Crippen LogP contribution in [0.2, 0.25) is 0 Å². The molecule has 0 aliphatic heterocycles. The second-order valence-electron chi connectivity index (χ2n) is 7.89. The predicted octanol–water partition coefficient (Wildman–Crippen LogP) is 4.33. The summed E-state index contributed by atoms with van der Waals surface area (Å²) in [5, 5.41) is 2.92. The largest absolute Gasteiger partial charge is 0.463 e. The van der Waals surface area contributed by atoms with E-state index in [0.717, 1.165) is 39.9 Å². The van der Waals surface area contributed by atoms with Gasteiger partial charge in [0.1, 0.15) is 11.4 Å². The minimum absolute atomic E-state index is 0.00763. The van der Waals surface area contributed by atoms with Crippen LogP contribution in [0, 0.1) is 12.8 Å². The van der Waals surface area contributed by atoms with Crippen LogP contribution in [0.1, 0.15) is 53.9 Å². The molecule has 0 fully saturated rings. The molecule has 4 rings (SSSR count). The summed E-state index contributed by atoms with van der Waals surface area (Å²) < 4.78 is 5.68. The highest BCUT2D eigenvalue weighted by atomic mass is 32.1. The minimum Gasteiger partial charge on any atom is -0.463 e. The molecular weight excluding hydrogens is 394 g/mol. The Labute approximate surface area is 180 Å². The van der Waals surface area contributed by atoms with Crippen molar-refractivity contribution < 1.29 is 9.73 Å². The zero-order valence-corrected chi connectivity index (χ0v) is 18.5. The number of H-pyrrole nitrogens is 1. The molecule has 156 valence electrons. The van der Waals surface area contributed by atoms with Crippen molar-refractivity contribution in [2.75, 3.05) is 0 Å². The summed E-state index contributed by atoms with van der Waals surface area (Å²) in [6, 6.07) is 14.1. The number of nitrogens with two attached hydrogens (primary N) is 1. The average Bonchev–Trinajstić information content (AvgIpc) is 3.37. The number of benzene rings is 1. The molecule has 0 aliphatic carbocycles. The molecule has 3 N–H and O–H groups in total. The third-order valence-corrected chi connectivity index (χ3v) is 6.76. The summed E-state index contributed by atoms with van der Waals surface area (Å²) in [6.07, 6.45) is 3.72. The molecule has 5 nitrogen and oxygen atoms in total. The Balaban J connectivity index is 1.61. The highest BCUT2D eigenvalue weighted by Crippen LogP contribution is 2.29. The topological polar surface area (TPSA) is 75.5 Å². The van der Waals surface area contributed by atoms with Crippen molar-refractivity contribution in [3.05, 3.63) is 86.7 Å². The minimum atomic E-state index is -0.0275. The highest BCUT2D eigenvalue weighted by molar-refractivity contribution is 7.18. The van der Waals surface area contributed by atoms with Crippen LogP contribution in [0.25, 0.3) is 10.2 Å². The molecule has 2 atom stereocenters. The van der Waals surface area contributed by atoms with Gasteiger partial charge >= 0.3 is 0 Å². The molecule has 3 heterocycles. The molecule has 0 saturated heterocycles. The van der Waals surface area contributed by atoms with E-state index in [2.05, 4.69) is 43.2 Å². The van der Waals surface area contributed by atoms with E-state index in [1.54, 1.807) is 17.6 Å². The molecule has 0 aliphatic rings. The van der Waals surface area contributed by atoms with E-state index >= 15 is 0 Å². The van der Waals surface area contributed by atoms with E-state index in [1.165, 1.54) is 4.88 Å². The van der Waals surface area contributed by atoms with Gasteiger partial charge in [0.2, 0.25) is 0 Å². The molecule has 0 radical (unpaired) electrons. The molecule has 0 saturated carbocycles. The van der Waals surface area contributed by atoms with E-state index in [9.17, 15) is 4.79 Å². The molecule has 0 spiro atoms. The van der Waals surface area contributed by atoms with Gasteiger partial charge in [-0.3, -0.25) is 4.79 Å². The molecule has 0 amide bonds. The Bertz CT molecular complexity index is 1160. The van der Waals surface area contributed by atoms with Crippen LogP contribution in [-0.4, -0.2) is 9.97 Å². The number of aromatic amines is 1. The summed E-state index contributed by atoms with van der Waals surface area (Å²) >= 11 is 1.62. The molecule has 3 aromatic heterocycles. The number of aryl methyl sites for hydroxylation is 1. The number of hydrogen-bond acceptors (Lipinski definition) is 4. The second-order valence-corrected chi connectivity index (χ2v) is 9.09. The number of furan rings is 1. The normalized spacial score (nSPS) is 13.6. The number of rotatable bonds is 8. The first-order valence-corrected chi connectivity index (χ1v) is 11.3. The van der Waals surface area contributed by atoms with Gasteiger partial charge < -0.3 is 14.7 Å². The maximum absolute atomic E-state index is 12.9. The van der Waals surface area contributed by atoms with Crippen molar-refractivity contribution in [3.63, 3.8) is 0 Å². The van der Waals surface area contributed by atoms with Crippen molar-refractivity contribution in [1.82, 2.24) is 9.97 Å². The quantitative estimate of drug-likeness (QED) is 0.444. The Morgan fingerprint density at radius 2 is 2.00 bits per heavy atom. The van der Waals surface area contributed by atoms with Crippen molar-refractivity contribution in [1.29, 1.82) is 0 Å². The first-order valence-electron chi connectivity index (χ1n) is 10.5. The summed E-state index contributed by atoms with van der Waals surface area (Å²) in [5.41, 5.74) is 2.28. The van der Waals surface area contributed by atoms with Gasteiger partial charge in [0.25, 0.3) is 5.56 Å². The van der Waals surface area contributed by atoms with Crippen LogP contribution < -0.4 is 10.9 Å². The number of nitrogens with zero attached hydrogens (tertiary/aromatic N) is 1. The monoisotopic (exact) mass is 422 g/mol. The Morgan fingerprint density at radius 1 is 1.20 bits per heavy atom. The van der Waals surface area contributed by atoms with E-state index in [-0.39, 0.29) is 11.6 Å². The number of nitrogens with one attached hydrogen (secondary N) is 1.